The number of nitrogens with one attached hydrogen (secondary N) is 2. The molecule has 0 spiro atoms. The molecule has 0 radical (unpaired) electrons. The number of halogens is 1. The van der Waals surface area contributed by atoms with Crippen LogP contribution in [0.3, 0.4) is 0 Å². The Morgan fingerprint density at radius 1 is 1.11 bits per heavy atom. The van der Waals surface area contributed by atoms with E-state index in [9.17, 15) is 18.8 Å². The SMILES string of the molecule is CCc1ccccc1NC(=O)CNC(=O)COC(=O)c1ccc(F)cc1N. The highest BCUT2D eigenvalue weighted by molar-refractivity contribution is 5.97. The number of para-hydroxylation sites is 1. The molecular weight excluding hydrogens is 353 g/mol. The summed E-state index contributed by atoms with van der Waals surface area (Å²) >= 11 is 0. The molecule has 0 atom stereocenters. The van der Waals surface area contributed by atoms with Gasteiger partial charge in [-0.2, -0.15) is 0 Å². The monoisotopic (exact) mass is 373 g/mol. The number of hydrogen-bond donors (Lipinski definition) is 3. The summed E-state index contributed by atoms with van der Waals surface area (Å²) in [5.41, 5.74) is 7.05. The van der Waals surface area contributed by atoms with Crippen molar-refractivity contribution in [1.29, 1.82) is 0 Å². The van der Waals surface area contributed by atoms with Crippen LogP contribution in [0, 0.1) is 5.82 Å². The van der Waals surface area contributed by atoms with Gasteiger partial charge in [0.2, 0.25) is 5.91 Å². The van der Waals surface area contributed by atoms with Gasteiger partial charge in [0, 0.05) is 11.4 Å². The number of rotatable bonds is 7. The Morgan fingerprint density at radius 3 is 2.56 bits per heavy atom. The summed E-state index contributed by atoms with van der Waals surface area (Å²) in [7, 11) is 0. The molecular formula is C19H20FN3O4. The first kappa shape index (κ1) is 19.9. The van der Waals surface area contributed by atoms with Crippen molar-refractivity contribution in [1.82, 2.24) is 5.32 Å². The molecule has 0 bridgehead atoms. The fraction of sp³-hybridized carbons (Fsp3) is 0.211. The van der Waals surface area contributed by atoms with E-state index in [1.807, 2.05) is 19.1 Å². The molecule has 2 aromatic rings. The quantitative estimate of drug-likeness (QED) is 0.507. The first-order valence-electron chi connectivity index (χ1n) is 8.27. The molecule has 2 rings (SSSR count). The van der Waals surface area contributed by atoms with E-state index in [4.69, 9.17) is 10.5 Å². The van der Waals surface area contributed by atoms with E-state index >= 15 is 0 Å². The van der Waals surface area contributed by atoms with Crippen molar-refractivity contribution in [2.45, 2.75) is 13.3 Å². The minimum absolute atomic E-state index is 0.0434. The average Bonchev–Trinajstić information content (AvgIpc) is 2.65. The van der Waals surface area contributed by atoms with Crippen molar-refractivity contribution < 1.29 is 23.5 Å². The number of amides is 2. The number of benzene rings is 2. The maximum Gasteiger partial charge on any atom is 0.340 e. The summed E-state index contributed by atoms with van der Waals surface area (Å²) in [6.07, 6.45) is 0.755. The summed E-state index contributed by atoms with van der Waals surface area (Å²) in [5.74, 6) is -2.50. The minimum atomic E-state index is -0.857. The van der Waals surface area contributed by atoms with E-state index in [0.717, 1.165) is 24.1 Å². The van der Waals surface area contributed by atoms with Gasteiger partial charge in [-0.1, -0.05) is 25.1 Å². The Bertz CT molecular complexity index is 855. The fourth-order valence-electron chi connectivity index (χ4n) is 2.30. The van der Waals surface area contributed by atoms with Gasteiger partial charge in [-0.25, -0.2) is 9.18 Å². The van der Waals surface area contributed by atoms with Gasteiger partial charge < -0.3 is 21.1 Å². The van der Waals surface area contributed by atoms with E-state index in [0.29, 0.717) is 5.69 Å². The molecule has 0 aliphatic heterocycles. The van der Waals surface area contributed by atoms with E-state index in [1.54, 1.807) is 12.1 Å². The maximum atomic E-state index is 13.0. The average molecular weight is 373 g/mol. The molecule has 0 unspecified atom stereocenters. The van der Waals surface area contributed by atoms with Gasteiger partial charge in [-0.15, -0.1) is 0 Å². The molecule has 0 saturated heterocycles. The van der Waals surface area contributed by atoms with Gasteiger partial charge in [-0.3, -0.25) is 9.59 Å². The zero-order valence-electron chi connectivity index (χ0n) is 14.8. The van der Waals surface area contributed by atoms with Crippen LogP contribution >= 0.6 is 0 Å². The van der Waals surface area contributed by atoms with Crippen LogP contribution < -0.4 is 16.4 Å². The van der Waals surface area contributed by atoms with Crippen molar-refractivity contribution >= 4 is 29.2 Å². The molecule has 0 fully saturated rings. The van der Waals surface area contributed by atoms with Gasteiger partial charge in [0.15, 0.2) is 6.61 Å². The lowest BCUT2D eigenvalue weighted by Crippen LogP contribution is -2.35. The smallest absolute Gasteiger partial charge is 0.340 e. The van der Waals surface area contributed by atoms with Crippen LogP contribution in [-0.4, -0.2) is 30.9 Å². The fourth-order valence-corrected chi connectivity index (χ4v) is 2.30. The highest BCUT2D eigenvalue weighted by atomic mass is 19.1. The van der Waals surface area contributed by atoms with Gasteiger partial charge >= 0.3 is 5.97 Å². The Hall–Kier alpha value is -3.42. The maximum absolute atomic E-state index is 13.0. The van der Waals surface area contributed by atoms with Crippen molar-refractivity contribution in [3.05, 3.63) is 59.4 Å². The largest absolute Gasteiger partial charge is 0.452 e. The lowest BCUT2D eigenvalue weighted by Gasteiger charge is -2.10. The van der Waals surface area contributed by atoms with E-state index < -0.39 is 30.2 Å². The van der Waals surface area contributed by atoms with Gasteiger partial charge in [0.25, 0.3) is 5.91 Å². The third-order valence-electron chi connectivity index (χ3n) is 3.69. The Kier molecular flexibility index (Phi) is 6.87. The summed E-state index contributed by atoms with van der Waals surface area (Å²) in [5, 5.41) is 5.06. The molecule has 4 N–H and O–H groups in total. The highest BCUT2D eigenvalue weighted by Gasteiger charge is 2.14. The number of ether oxygens (including phenoxy) is 1. The van der Waals surface area contributed by atoms with Crippen molar-refractivity contribution in [3.63, 3.8) is 0 Å². The minimum Gasteiger partial charge on any atom is -0.452 e. The third kappa shape index (κ3) is 5.81. The van der Waals surface area contributed by atoms with Crippen LogP contribution in [0.15, 0.2) is 42.5 Å². The summed E-state index contributed by atoms with van der Waals surface area (Å²) in [4.78, 5) is 35.5. The van der Waals surface area contributed by atoms with Crippen LogP contribution in [0.25, 0.3) is 0 Å². The topological polar surface area (TPSA) is 111 Å². The molecule has 8 heteroatoms. The second-order valence-electron chi connectivity index (χ2n) is 5.64. The zero-order valence-corrected chi connectivity index (χ0v) is 14.8. The highest BCUT2D eigenvalue weighted by Crippen LogP contribution is 2.15. The molecule has 0 heterocycles. The van der Waals surface area contributed by atoms with Crippen LogP contribution in [0.5, 0.6) is 0 Å². The van der Waals surface area contributed by atoms with Crippen molar-refractivity contribution in [3.8, 4) is 0 Å². The normalized spacial score (nSPS) is 10.1. The lowest BCUT2D eigenvalue weighted by atomic mass is 10.1. The molecule has 2 aromatic carbocycles. The summed E-state index contributed by atoms with van der Waals surface area (Å²) in [6.45, 7) is 1.11. The van der Waals surface area contributed by atoms with E-state index in [1.165, 1.54) is 6.07 Å². The number of carbonyl (C=O) groups is 3. The number of carbonyl (C=O) groups excluding carboxylic acids is 3. The number of nitrogens with two attached hydrogens (primary N) is 1. The Labute approximate surface area is 155 Å². The molecule has 0 aliphatic rings. The zero-order chi connectivity index (χ0) is 19.8. The predicted molar refractivity (Wildman–Crippen MR) is 98.6 cm³/mol. The van der Waals surface area contributed by atoms with Crippen LogP contribution in [-0.2, 0) is 20.7 Å². The van der Waals surface area contributed by atoms with E-state index in [-0.39, 0.29) is 17.8 Å². The van der Waals surface area contributed by atoms with Gasteiger partial charge in [0.1, 0.15) is 5.82 Å². The number of nitrogen functional groups attached to an aromatic ring is 1. The van der Waals surface area contributed by atoms with Crippen molar-refractivity contribution in [2.75, 3.05) is 24.2 Å². The van der Waals surface area contributed by atoms with Gasteiger partial charge in [-0.05, 0) is 36.2 Å². The lowest BCUT2D eigenvalue weighted by molar-refractivity contribution is -0.126. The second-order valence-corrected chi connectivity index (χ2v) is 5.64. The standard InChI is InChI=1S/C19H20FN3O4/c1-2-12-5-3-4-6-16(12)23-17(24)10-22-18(25)11-27-19(26)14-8-7-13(20)9-15(14)21/h3-9H,2,10-11,21H2,1H3,(H,22,25)(H,23,24). The Morgan fingerprint density at radius 2 is 1.85 bits per heavy atom. The summed E-state index contributed by atoms with van der Waals surface area (Å²) < 4.78 is 17.8. The van der Waals surface area contributed by atoms with Crippen LogP contribution in [0.2, 0.25) is 0 Å². The van der Waals surface area contributed by atoms with Gasteiger partial charge in [0.05, 0.1) is 12.1 Å². The molecule has 0 aliphatic carbocycles. The van der Waals surface area contributed by atoms with Crippen LogP contribution in [0.4, 0.5) is 15.8 Å². The van der Waals surface area contributed by atoms with Crippen molar-refractivity contribution in [2.24, 2.45) is 0 Å². The second kappa shape index (κ2) is 9.33. The number of hydrogen-bond acceptors (Lipinski definition) is 5. The van der Waals surface area contributed by atoms with Crippen LogP contribution in [0.1, 0.15) is 22.8 Å². The number of anilines is 2. The molecule has 142 valence electrons. The predicted octanol–water partition coefficient (Wildman–Crippen LogP) is 1.88. The molecule has 0 saturated carbocycles. The third-order valence-corrected chi connectivity index (χ3v) is 3.69. The van der Waals surface area contributed by atoms with E-state index in [2.05, 4.69) is 10.6 Å². The molecule has 7 nitrogen and oxygen atoms in total. The Balaban J connectivity index is 1.78. The molecule has 0 aromatic heterocycles. The summed E-state index contributed by atoms with van der Waals surface area (Å²) in [6, 6.07) is 10.6. The molecule has 27 heavy (non-hydrogen) atoms. The first-order valence-corrected chi connectivity index (χ1v) is 8.27. The number of esters is 1. The molecule has 2 amide bonds. The first-order chi connectivity index (χ1) is 12.9. The number of aryl methyl sites for hydroxylation is 1.